The number of hydrogen-bond donors (Lipinski definition) is 2. The lowest BCUT2D eigenvalue weighted by Crippen LogP contribution is -2.36. The number of anilines is 1. The van der Waals surface area contributed by atoms with Crippen molar-refractivity contribution in [1.82, 2.24) is 10.6 Å². The number of nitrogens with zero attached hydrogens (tertiary/aromatic N) is 1. The third-order valence-electron chi connectivity index (χ3n) is 4.49. The van der Waals surface area contributed by atoms with Crippen LogP contribution in [0.15, 0.2) is 48.5 Å². The minimum Gasteiger partial charge on any atom is -0.374 e. The van der Waals surface area contributed by atoms with Crippen LogP contribution < -0.4 is 15.5 Å². The zero-order valence-electron chi connectivity index (χ0n) is 14.2. The molecule has 1 heterocycles. The second-order valence-corrected chi connectivity index (χ2v) is 6.33. The number of carbonyl (C=O) groups excluding carboxylic acids is 1. The van der Waals surface area contributed by atoms with Gasteiger partial charge in [0.25, 0.3) is 0 Å². The highest BCUT2D eigenvalue weighted by molar-refractivity contribution is 5.73. The Balaban J connectivity index is 1.44. The minimum absolute atomic E-state index is 0.114. The van der Waals surface area contributed by atoms with Crippen molar-refractivity contribution < 1.29 is 4.79 Å². The van der Waals surface area contributed by atoms with Crippen molar-refractivity contribution in [1.29, 1.82) is 0 Å². The molecule has 126 valence electrons. The molecule has 0 saturated carbocycles. The maximum absolute atomic E-state index is 11.9. The topological polar surface area (TPSA) is 44.4 Å². The summed E-state index contributed by atoms with van der Waals surface area (Å²) in [6, 6.07) is 16.5. The summed E-state index contributed by atoms with van der Waals surface area (Å²) in [7, 11) is 2.15. The number of rotatable bonds is 5. The van der Waals surface area contributed by atoms with Gasteiger partial charge in [-0.15, -0.1) is 0 Å². The van der Waals surface area contributed by atoms with E-state index in [9.17, 15) is 4.79 Å². The van der Waals surface area contributed by atoms with Crippen molar-refractivity contribution in [3.63, 3.8) is 0 Å². The molecule has 0 aliphatic carbocycles. The minimum atomic E-state index is -0.114. The van der Waals surface area contributed by atoms with E-state index in [-0.39, 0.29) is 6.03 Å². The third kappa shape index (κ3) is 4.28. The molecule has 1 aliphatic heterocycles. The van der Waals surface area contributed by atoms with Gasteiger partial charge >= 0.3 is 6.03 Å². The summed E-state index contributed by atoms with van der Waals surface area (Å²) in [6.07, 6.45) is 3.22. The summed E-state index contributed by atoms with van der Waals surface area (Å²) in [5.74, 6) is 0. The molecule has 2 N–H and O–H groups in total. The first-order valence-electron chi connectivity index (χ1n) is 8.61. The molecule has 1 aliphatic rings. The molecule has 0 unspecified atom stereocenters. The van der Waals surface area contributed by atoms with Gasteiger partial charge in [-0.1, -0.05) is 42.5 Å². The van der Waals surface area contributed by atoms with Crippen LogP contribution in [0.5, 0.6) is 0 Å². The number of nitrogens with one attached hydrogen (secondary N) is 2. The molecular weight excluding hydrogens is 298 g/mol. The molecule has 4 nitrogen and oxygen atoms in total. The van der Waals surface area contributed by atoms with Crippen LogP contribution in [0.2, 0.25) is 0 Å². The second-order valence-electron chi connectivity index (χ2n) is 6.33. The van der Waals surface area contributed by atoms with Crippen LogP contribution in [0.4, 0.5) is 10.5 Å². The SMILES string of the molecule is CN1CCCc2cc(CCNC(=O)NCc3ccccc3)ccc21. The molecule has 0 fully saturated rings. The van der Waals surface area contributed by atoms with Crippen LogP contribution in [0, 0.1) is 0 Å². The number of aryl methyl sites for hydroxylation is 1. The Kier molecular flexibility index (Phi) is 5.36. The highest BCUT2D eigenvalue weighted by Gasteiger charge is 2.13. The van der Waals surface area contributed by atoms with Gasteiger partial charge in [-0.25, -0.2) is 4.79 Å². The number of fused-ring (bicyclic) bond motifs is 1. The molecule has 4 heteroatoms. The summed E-state index contributed by atoms with van der Waals surface area (Å²) in [5, 5.41) is 5.81. The van der Waals surface area contributed by atoms with Crippen molar-refractivity contribution in [2.24, 2.45) is 0 Å². The average Bonchev–Trinajstić information content (AvgIpc) is 2.61. The van der Waals surface area contributed by atoms with Gasteiger partial charge in [0.1, 0.15) is 0 Å². The monoisotopic (exact) mass is 323 g/mol. The van der Waals surface area contributed by atoms with Gasteiger partial charge in [-0.3, -0.25) is 0 Å². The Labute approximate surface area is 143 Å². The van der Waals surface area contributed by atoms with Crippen LogP contribution in [-0.2, 0) is 19.4 Å². The Morgan fingerprint density at radius 2 is 1.92 bits per heavy atom. The van der Waals surface area contributed by atoms with Crippen molar-refractivity contribution in [2.45, 2.75) is 25.8 Å². The number of benzene rings is 2. The molecule has 0 spiro atoms. The number of amides is 2. The highest BCUT2D eigenvalue weighted by atomic mass is 16.2. The standard InChI is InChI=1S/C20H25N3O/c1-23-13-5-8-18-14-16(9-10-19(18)23)11-12-21-20(24)22-15-17-6-3-2-4-7-17/h2-4,6-7,9-10,14H,5,8,11-13,15H2,1H3,(H2,21,22,24). The van der Waals surface area contributed by atoms with Crippen molar-refractivity contribution in [2.75, 3.05) is 25.0 Å². The van der Waals surface area contributed by atoms with Crippen molar-refractivity contribution in [3.8, 4) is 0 Å². The first kappa shape index (κ1) is 16.4. The van der Waals surface area contributed by atoms with Gasteiger partial charge in [0.2, 0.25) is 0 Å². The largest absolute Gasteiger partial charge is 0.374 e. The second kappa shape index (κ2) is 7.86. The summed E-state index contributed by atoms with van der Waals surface area (Å²) >= 11 is 0. The maximum Gasteiger partial charge on any atom is 0.315 e. The molecule has 2 aromatic rings. The molecule has 0 aromatic heterocycles. The van der Waals surface area contributed by atoms with Gasteiger partial charge in [0, 0.05) is 32.4 Å². The Hall–Kier alpha value is -2.49. The zero-order chi connectivity index (χ0) is 16.8. The van der Waals surface area contributed by atoms with E-state index < -0.39 is 0 Å². The summed E-state index contributed by atoms with van der Waals surface area (Å²) in [5.41, 5.74) is 5.16. The van der Waals surface area contributed by atoms with Gasteiger partial charge in [0.05, 0.1) is 0 Å². The van der Waals surface area contributed by atoms with Gasteiger partial charge in [-0.2, -0.15) is 0 Å². The summed E-state index contributed by atoms with van der Waals surface area (Å²) in [6.45, 7) is 2.34. The number of carbonyl (C=O) groups is 1. The predicted molar refractivity (Wildman–Crippen MR) is 98.4 cm³/mol. The molecule has 3 rings (SSSR count). The van der Waals surface area contributed by atoms with Gasteiger partial charge < -0.3 is 15.5 Å². The van der Waals surface area contributed by atoms with Gasteiger partial charge in [0.15, 0.2) is 0 Å². The summed E-state index contributed by atoms with van der Waals surface area (Å²) < 4.78 is 0. The fraction of sp³-hybridized carbons (Fsp3) is 0.350. The van der Waals surface area contributed by atoms with Gasteiger partial charge in [-0.05, 0) is 42.0 Å². The lowest BCUT2D eigenvalue weighted by molar-refractivity contribution is 0.240. The van der Waals surface area contributed by atoms with E-state index in [0.29, 0.717) is 13.1 Å². The molecule has 0 radical (unpaired) electrons. The van der Waals surface area contributed by atoms with Crippen LogP contribution in [0.1, 0.15) is 23.1 Å². The first-order valence-corrected chi connectivity index (χ1v) is 8.61. The van der Waals surface area contributed by atoms with E-state index in [1.54, 1.807) is 0 Å². The molecule has 0 bridgehead atoms. The van der Waals surface area contributed by atoms with Crippen LogP contribution >= 0.6 is 0 Å². The lowest BCUT2D eigenvalue weighted by Gasteiger charge is -2.27. The number of hydrogen-bond acceptors (Lipinski definition) is 2. The van der Waals surface area contributed by atoms with Crippen molar-refractivity contribution >= 4 is 11.7 Å². The van der Waals surface area contributed by atoms with Crippen LogP contribution in [0.25, 0.3) is 0 Å². The Morgan fingerprint density at radius 3 is 2.75 bits per heavy atom. The molecule has 24 heavy (non-hydrogen) atoms. The fourth-order valence-electron chi connectivity index (χ4n) is 3.16. The molecule has 0 saturated heterocycles. The van der Waals surface area contributed by atoms with Crippen molar-refractivity contribution in [3.05, 3.63) is 65.2 Å². The first-order chi connectivity index (χ1) is 11.7. The van der Waals surface area contributed by atoms with E-state index in [2.05, 4.69) is 40.8 Å². The van der Waals surface area contributed by atoms with E-state index in [4.69, 9.17) is 0 Å². The predicted octanol–water partition coefficient (Wildman–Crippen LogP) is 3.11. The molecule has 2 aromatic carbocycles. The van der Waals surface area contributed by atoms with Crippen LogP contribution in [0.3, 0.4) is 0 Å². The molecule has 2 amide bonds. The average molecular weight is 323 g/mol. The smallest absolute Gasteiger partial charge is 0.315 e. The Morgan fingerprint density at radius 1 is 1.08 bits per heavy atom. The van der Waals surface area contributed by atoms with E-state index in [1.165, 1.54) is 23.2 Å². The quantitative estimate of drug-likeness (QED) is 0.888. The van der Waals surface area contributed by atoms with E-state index in [0.717, 1.165) is 24.9 Å². The number of urea groups is 1. The van der Waals surface area contributed by atoms with Crippen LogP contribution in [-0.4, -0.2) is 26.2 Å². The zero-order valence-corrected chi connectivity index (χ0v) is 14.2. The Bertz CT molecular complexity index is 685. The molecular formula is C20H25N3O. The fourth-order valence-corrected chi connectivity index (χ4v) is 3.16. The summed E-state index contributed by atoms with van der Waals surface area (Å²) in [4.78, 5) is 14.2. The maximum atomic E-state index is 11.9. The molecule has 0 atom stereocenters. The third-order valence-corrected chi connectivity index (χ3v) is 4.49. The highest BCUT2D eigenvalue weighted by Crippen LogP contribution is 2.26. The van der Waals surface area contributed by atoms with E-state index in [1.807, 2.05) is 30.3 Å². The van der Waals surface area contributed by atoms with E-state index >= 15 is 0 Å². The normalized spacial score (nSPS) is 13.3. The lowest BCUT2D eigenvalue weighted by atomic mass is 9.98.